The monoisotopic (exact) mass is 218 g/mol. The molecule has 0 saturated heterocycles. The van der Waals surface area contributed by atoms with E-state index in [-0.39, 0.29) is 5.69 Å². The van der Waals surface area contributed by atoms with Crippen LogP contribution in [0.1, 0.15) is 21.9 Å². The molecule has 0 aliphatic carbocycles. The summed E-state index contributed by atoms with van der Waals surface area (Å²) < 4.78 is 0. The molecule has 2 N–H and O–H groups in total. The first-order valence-electron chi connectivity index (χ1n) is 4.67. The highest BCUT2D eigenvalue weighted by molar-refractivity contribution is 5.93. The highest BCUT2D eigenvalue weighted by Crippen LogP contribution is 2.22. The van der Waals surface area contributed by atoms with Crippen molar-refractivity contribution in [3.05, 3.63) is 29.5 Å². The lowest BCUT2D eigenvalue weighted by molar-refractivity contribution is 0.0691. The smallest absolute Gasteiger partial charge is 0.354 e. The third-order valence-corrected chi connectivity index (χ3v) is 2.20. The van der Waals surface area contributed by atoms with Crippen LogP contribution in [-0.2, 0) is 0 Å². The van der Waals surface area contributed by atoms with Gasteiger partial charge >= 0.3 is 5.97 Å². The number of rotatable bonds is 2. The van der Waals surface area contributed by atoms with Gasteiger partial charge in [0.25, 0.3) is 0 Å². The summed E-state index contributed by atoms with van der Waals surface area (Å²) in [6.45, 7) is 3.58. The van der Waals surface area contributed by atoms with Crippen molar-refractivity contribution in [2.75, 3.05) is 0 Å². The topological polar surface area (TPSA) is 91.8 Å². The number of aromatic carboxylic acids is 1. The molecule has 0 spiro atoms. The molecule has 0 aromatic carbocycles. The predicted octanol–water partition coefficient (Wildman–Crippen LogP) is 1.18. The van der Waals surface area contributed by atoms with Crippen molar-refractivity contribution in [2.24, 2.45) is 0 Å². The standard InChI is InChI=1S/C10H10N4O2/c1-5-3-11-6(2)13-8(5)7-4-12-14-9(7)10(15)16/h3-4H,1-2H3,(H,12,14)(H,15,16). The van der Waals surface area contributed by atoms with Gasteiger partial charge < -0.3 is 5.11 Å². The summed E-state index contributed by atoms with van der Waals surface area (Å²) in [5.41, 5.74) is 1.94. The van der Waals surface area contributed by atoms with Crippen molar-refractivity contribution in [2.45, 2.75) is 13.8 Å². The van der Waals surface area contributed by atoms with E-state index in [1.807, 2.05) is 6.92 Å². The second kappa shape index (κ2) is 3.73. The van der Waals surface area contributed by atoms with Crippen LogP contribution in [0.5, 0.6) is 0 Å². The van der Waals surface area contributed by atoms with Crippen LogP contribution >= 0.6 is 0 Å². The highest BCUT2D eigenvalue weighted by Gasteiger charge is 2.16. The molecule has 2 rings (SSSR count). The Bertz CT molecular complexity index is 548. The minimum Gasteiger partial charge on any atom is -0.477 e. The summed E-state index contributed by atoms with van der Waals surface area (Å²) in [5.74, 6) is -0.457. The molecule has 0 aliphatic heterocycles. The Morgan fingerprint density at radius 3 is 2.81 bits per heavy atom. The van der Waals surface area contributed by atoms with E-state index < -0.39 is 5.97 Å². The molecule has 0 fully saturated rings. The van der Waals surface area contributed by atoms with Crippen LogP contribution in [0.15, 0.2) is 12.4 Å². The van der Waals surface area contributed by atoms with Crippen LogP contribution in [0.3, 0.4) is 0 Å². The first kappa shape index (κ1) is 10.3. The fourth-order valence-corrected chi connectivity index (χ4v) is 1.43. The molecule has 2 heterocycles. The Hall–Kier alpha value is -2.24. The zero-order valence-electron chi connectivity index (χ0n) is 8.85. The molecular formula is C10H10N4O2. The summed E-state index contributed by atoms with van der Waals surface area (Å²) in [6, 6.07) is 0. The lowest BCUT2D eigenvalue weighted by Gasteiger charge is -2.03. The van der Waals surface area contributed by atoms with Crippen molar-refractivity contribution in [1.29, 1.82) is 0 Å². The normalized spacial score (nSPS) is 10.4. The zero-order chi connectivity index (χ0) is 11.7. The van der Waals surface area contributed by atoms with Gasteiger partial charge in [0.15, 0.2) is 5.69 Å². The zero-order valence-corrected chi connectivity index (χ0v) is 8.85. The molecule has 0 aliphatic rings. The van der Waals surface area contributed by atoms with Crippen LogP contribution < -0.4 is 0 Å². The third-order valence-electron chi connectivity index (χ3n) is 2.20. The maximum Gasteiger partial charge on any atom is 0.354 e. The van der Waals surface area contributed by atoms with E-state index in [0.29, 0.717) is 17.1 Å². The SMILES string of the molecule is Cc1ncc(C)c(-c2cn[nH]c2C(=O)O)n1. The molecule has 0 atom stereocenters. The number of hydrogen-bond donors (Lipinski definition) is 2. The molecule has 82 valence electrons. The average molecular weight is 218 g/mol. The summed E-state index contributed by atoms with van der Waals surface area (Å²) in [7, 11) is 0. The van der Waals surface area contributed by atoms with Crippen LogP contribution in [0.4, 0.5) is 0 Å². The van der Waals surface area contributed by atoms with Gasteiger partial charge in [-0.15, -0.1) is 0 Å². The van der Waals surface area contributed by atoms with E-state index in [4.69, 9.17) is 5.11 Å². The van der Waals surface area contributed by atoms with Gasteiger partial charge in [-0.1, -0.05) is 0 Å². The van der Waals surface area contributed by atoms with E-state index in [9.17, 15) is 4.79 Å². The molecule has 0 unspecified atom stereocenters. The number of carboxylic acids is 1. The second-order valence-corrected chi connectivity index (χ2v) is 3.41. The van der Waals surface area contributed by atoms with Crippen molar-refractivity contribution < 1.29 is 9.90 Å². The fourth-order valence-electron chi connectivity index (χ4n) is 1.43. The molecule has 0 radical (unpaired) electrons. The van der Waals surface area contributed by atoms with E-state index in [2.05, 4.69) is 20.2 Å². The molecular weight excluding hydrogens is 208 g/mol. The van der Waals surface area contributed by atoms with Gasteiger partial charge in [-0.05, 0) is 19.4 Å². The van der Waals surface area contributed by atoms with Gasteiger partial charge in [0, 0.05) is 6.20 Å². The maximum atomic E-state index is 10.9. The number of hydrogen-bond acceptors (Lipinski definition) is 4. The number of aromatic nitrogens is 4. The lowest BCUT2D eigenvalue weighted by Crippen LogP contribution is -2.01. The van der Waals surface area contributed by atoms with Gasteiger partial charge in [0.1, 0.15) is 5.82 Å². The first-order valence-corrected chi connectivity index (χ1v) is 4.67. The van der Waals surface area contributed by atoms with Gasteiger partial charge in [-0.3, -0.25) is 5.10 Å². The van der Waals surface area contributed by atoms with Gasteiger partial charge in [0.2, 0.25) is 0 Å². The first-order chi connectivity index (χ1) is 7.59. The molecule has 0 amide bonds. The molecule has 6 nitrogen and oxygen atoms in total. The minimum atomic E-state index is -1.05. The number of nitrogens with one attached hydrogen (secondary N) is 1. The number of H-pyrrole nitrogens is 1. The molecule has 0 bridgehead atoms. The van der Waals surface area contributed by atoms with E-state index in [0.717, 1.165) is 5.56 Å². The Balaban J connectivity index is 2.62. The van der Waals surface area contributed by atoms with Crippen molar-refractivity contribution in [3.8, 4) is 11.3 Å². The van der Waals surface area contributed by atoms with E-state index in [1.54, 1.807) is 13.1 Å². The van der Waals surface area contributed by atoms with Gasteiger partial charge in [-0.25, -0.2) is 14.8 Å². The van der Waals surface area contributed by atoms with Crippen molar-refractivity contribution in [3.63, 3.8) is 0 Å². The average Bonchev–Trinajstić information content (AvgIpc) is 2.70. The number of aryl methyl sites for hydroxylation is 2. The summed E-state index contributed by atoms with van der Waals surface area (Å²) in [5, 5.41) is 15.1. The Morgan fingerprint density at radius 1 is 1.38 bits per heavy atom. The molecule has 2 aromatic rings. The van der Waals surface area contributed by atoms with E-state index in [1.165, 1.54) is 6.20 Å². The largest absolute Gasteiger partial charge is 0.477 e. The second-order valence-electron chi connectivity index (χ2n) is 3.41. The van der Waals surface area contributed by atoms with Gasteiger partial charge in [0.05, 0.1) is 17.5 Å². The fraction of sp³-hybridized carbons (Fsp3) is 0.200. The number of carbonyl (C=O) groups is 1. The summed E-state index contributed by atoms with van der Waals surface area (Å²) in [6.07, 6.45) is 3.12. The minimum absolute atomic E-state index is 0.0428. The maximum absolute atomic E-state index is 10.9. The predicted molar refractivity (Wildman–Crippen MR) is 56.0 cm³/mol. The van der Waals surface area contributed by atoms with Crippen LogP contribution in [0, 0.1) is 13.8 Å². The summed E-state index contributed by atoms with van der Waals surface area (Å²) in [4.78, 5) is 19.2. The number of aromatic amines is 1. The number of carboxylic acid groups (broad SMARTS) is 1. The van der Waals surface area contributed by atoms with Crippen LogP contribution in [-0.4, -0.2) is 31.2 Å². The van der Waals surface area contributed by atoms with Crippen LogP contribution in [0.25, 0.3) is 11.3 Å². The summed E-state index contributed by atoms with van der Waals surface area (Å²) >= 11 is 0. The van der Waals surface area contributed by atoms with Crippen LogP contribution in [0.2, 0.25) is 0 Å². The Labute approximate surface area is 91.4 Å². The Kier molecular flexibility index (Phi) is 2.40. The van der Waals surface area contributed by atoms with Gasteiger partial charge in [-0.2, -0.15) is 5.10 Å². The molecule has 2 aromatic heterocycles. The Morgan fingerprint density at radius 2 is 2.12 bits per heavy atom. The highest BCUT2D eigenvalue weighted by atomic mass is 16.4. The lowest BCUT2D eigenvalue weighted by atomic mass is 10.1. The van der Waals surface area contributed by atoms with Crippen molar-refractivity contribution in [1.82, 2.24) is 20.2 Å². The number of nitrogens with zero attached hydrogens (tertiary/aromatic N) is 3. The molecule has 6 heteroatoms. The molecule has 0 saturated carbocycles. The van der Waals surface area contributed by atoms with E-state index >= 15 is 0 Å². The quantitative estimate of drug-likeness (QED) is 0.789. The van der Waals surface area contributed by atoms with Crippen molar-refractivity contribution >= 4 is 5.97 Å². The molecule has 16 heavy (non-hydrogen) atoms. The third kappa shape index (κ3) is 1.65.